The van der Waals surface area contributed by atoms with Crippen LogP contribution in [0.25, 0.3) is 5.57 Å². The molecule has 0 bridgehead atoms. The second kappa shape index (κ2) is 7.30. The molecule has 2 heteroatoms. The minimum atomic E-state index is 0.767. The average molecular weight is 376 g/mol. The molecule has 0 radical (unpaired) electrons. The van der Waals surface area contributed by atoms with Gasteiger partial charge < -0.3 is 0 Å². The van der Waals surface area contributed by atoms with Gasteiger partial charge in [-0.05, 0) is 79.3 Å². The van der Waals surface area contributed by atoms with Crippen molar-refractivity contribution in [3.63, 3.8) is 0 Å². The van der Waals surface area contributed by atoms with Crippen LogP contribution in [-0.4, -0.2) is 0 Å². The Bertz CT molecular complexity index is 724. The molecule has 114 valence electrons. The molecule has 0 unspecified atom stereocenters. The first-order valence-electron chi connectivity index (χ1n) is 7.25. The highest BCUT2D eigenvalue weighted by atomic mass is 79.9. The van der Waals surface area contributed by atoms with Gasteiger partial charge in [-0.25, -0.2) is 0 Å². The van der Waals surface area contributed by atoms with E-state index in [9.17, 15) is 0 Å². The van der Waals surface area contributed by atoms with Gasteiger partial charge in [-0.3, -0.25) is 0 Å². The molecule has 0 aliphatic heterocycles. The van der Waals surface area contributed by atoms with E-state index in [1.165, 1.54) is 27.8 Å². The van der Waals surface area contributed by atoms with Crippen molar-refractivity contribution < 1.29 is 0 Å². The van der Waals surface area contributed by atoms with Crippen molar-refractivity contribution in [2.45, 2.75) is 27.2 Å². The van der Waals surface area contributed by atoms with Crippen molar-refractivity contribution in [1.29, 1.82) is 0 Å². The van der Waals surface area contributed by atoms with E-state index >= 15 is 0 Å². The van der Waals surface area contributed by atoms with E-state index in [0.717, 1.165) is 21.5 Å². The van der Waals surface area contributed by atoms with Crippen LogP contribution < -0.4 is 0 Å². The van der Waals surface area contributed by atoms with Crippen LogP contribution in [0, 0.1) is 6.92 Å². The van der Waals surface area contributed by atoms with E-state index in [0.29, 0.717) is 0 Å². The van der Waals surface area contributed by atoms with Gasteiger partial charge in [-0.2, -0.15) is 0 Å². The van der Waals surface area contributed by atoms with Crippen LogP contribution in [0.1, 0.15) is 30.5 Å². The second-order valence-corrected chi connectivity index (χ2v) is 7.00. The topological polar surface area (TPSA) is 0 Å². The Morgan fingerprint density at radius 2 is 1.73 bits per heavy atom. The van der Waals surface area contributed by atoms with Gasteiger partial charge >= 0.3 is 0 Å². The number of rotatable bonds is 4. The fraction of sp³-hybridized carbons (Fsp3) is 0.200. The minimum absolute atomic E-state index is 0.767. The van der Waals surface area contributed by atoms with E-state index in [2.05, 4.69) is 79.7 Å². The van der Waals surface area contributed by atoms with Gasteiger partial charge in [0.15, 0.2) is 0 Å². The number of allylic oxidation sites excluding steroid dienone is 3. The third-order valence-electron chi connectivity index (χ3n) is 3.91. The van der Waals surface area contributed by atoms with Crippen LogP contribution in [-0.2, 0) is 6.42 Å². The summed E-state index contributed by atoms with van der Waals surface area (Å²) in [6, 6.07) is 14.5. The first-order valence-corrected chi connectivity index (χ1v) is 8.42. The van der Waals surface area contributed by atoms with Crippen molar-refractivity contribution in [3.05, 3.63) is 86.4 Å². The molecular weight excluding hydrogens is 356 g/mol. The number of hydrogen-bond acceptors (Lipinski definition) is 0. The summed E-state index contributed by atoms with van der Waals surface area (Å²) in [5.74, 6) is 0. The first-order chi connectivity index (χ1) is 10.4. The number of benzene rings is 2. The SMILES string of the molecule is C=C(C)/C(C)=C(\Cc1ccc(Br)cc1)c1cc(Cl)ccc1C. The molecule has 2 rings (SSSR count). The summed E-state index contributed by atoms with van der Waals surface area (Å²) in [7, 11) is 0. The van der Waals surface area contributed by atoms with Gasteiger partial charge in [0.1, 0.15) is 0 Å². The Morgan fingerprint density at radius 1 is 1.09 bits per heavy atom. The zero-order chi connectivity index (χ0) is 16.3. The maximum atomic E-state index is 6.22. The van der Waals surface area contributed by atoms with E-state index in [1.807, 2.05) is 6.07 Å². The normalized spacial score (nSPS) is 12.0. The molecule has 0 heterocycles. The molecule has 0 N–H and O–H groups in total. The highest BCUT2D eigenvalue weighted by Crippen LogP contribution is 2.31. The van der Waals surface area contributed by atoms with E-state index < -0.39 is 0 Å². The molecule has 0 saturated heterocycles. The lowest BCUT2D eigenvalue weighted by atomic mass is 9.89. The van der Waals surface area contributed by atoms with Crippen LogP contribution in [0.15, 0.2) is 64.7 Å². The second-order valence-electron chi connectivity index (χ2n) is 5.65. The molecule has 0 amide bonds. The molecule has 2 aromatic carbocycles. The van der Waals surface area contributed by atoms with Crippen LogP contribution in [0.3, 0.4) is 0 Å². The first kappa shape index (κ1) is 17.1. The number of hydrogen-bond donors (Lipinski definition) is 0. The molecule has 0 aliphatic carbocycles. The minimum Gasteiger partial charge on any atom is -0.0958 e. The molecule has 22 heavy (non-hydrogen) atoms. The lowest BCUT2D eigenvalue weighted by Crippen LogP contribution is -1.98. The zero-order valence-electron chi connectivity index (χ0n) is 13.2. The molecule has 0 fully saturated rings. The fourth-order valence-corrected chi connectivity index (χ4v) is 2.85. The summed E-state index contributed by atoms with van der Waals surface area (Å²) < 4.78 is 1.09. The van der Waals surface area contributed by atoms with E-state index in [4.69, 9.17) is 11.6 Å². The van der Waals surface area contributed by atoms with Gasteiger partial charge in [-0.15, -0.1) is 0 Å². The number of aryl methyl sites for hydroxylation is 1. The van der Waals surface area contributed by atoms with E-state index in [-0.39, 0.29) is 0 Å². The third-order valence-corrected chi connectivity index (χ3v) is 4.68. The molecule has 0 nitrogen and oxygen atoms in total. The monoisotopic (exact) mass is 374 g/mol. The lowest BCUT2D eigenvalue weighted by Gasteiger charge is -2.16. The van der Waals surface area contributed by atoms with Crippen molar-refractivity contribution in [2.75, 3.05) is 0 Å². The van der Waals surface area contributed by atoms with E-state index in [1.54, 1.807) is 0 Å². The van der Waals surface area contributed by atoms with Gasteiger partial charge in [0.05, 0.1) is 0 Å². The number of halogens is 2. The zero-order valence-corrected chi connectivity index (χ0v) is 15.6. The Hall–Kier alpha value is -1.31. The Morgan fingerprint density at radius 3 is 2.32 bits per heavy atom. The fourth-order valence-electron chi connectivity index (χ4n) is 2.41. The summed E-state index contributed by atoms with van der Waals surface area (Å²) in [6.45, 7) is 10.4. The Balaban J connectivity index is 2.53. The summed E-state index contributed by atoms with van der Waals surface area (Å²) in [4.78, 5) is 0. The van der Waals surface area contributed by atoms with Gasteiger partial charge in [-0.1, -0.05) is 57.9 Å². The summed E-state index contributed by atoms with van der Waals surface area (Å²) in [5.41, 5.74) is 7.32. The maximum absolute atomic E-state index is 6.22. The van der Waals surface area contributed by atoms with Crippen LogP contribution in [0.4, 0.5) is 0 Å². The average Bonchev–Trinajstić information content (AvgIpc) is 2.48. The summed E-state index contributed by atoms with van der Waals surface area (Å²) >= 11 is 9.70. The molecule has 0 saturated carbocycles. The van der Waals surface area contributed by atoms with Crippen molar-refractivity contribution >= 4 is 33.1 Å². The van der Waals surface area contributed by atoms with Gasteiger partial charge in [0.2, 0.25) is 0 Å². The summed E-state index contributed by atoms with van der Waals surface area (Å²) in [5, 5.41) is 0.767. The van der Waals surface area contributed by atoms with Crippen LogP contribution >= 0.6 is 27.5 Å². The molecule has 2 aromatic rings. The maximum Gasteiger partial charge on any atom is 0.0412 e. The Kier molecular flexibility index (Phi) is 5.66. The third kappa shape index (κ3) is 4.12. The predicted octanol–water partition coefficient (Wildman–Crippen LogP) is 7.00. The molecule has 0 spiro atoms. The van der Waals surface area contributed by atoms with Crippen molar-refractivity contribution in [2.24, 2.45) is 0 Å². The van der Waals surface area contributed by atoms with Crippen LogP contribution in [0.5, 0.6) is 0 Å². The molecule has 0 atom stereocenters. The van der Waals surface area contributed by atoms with Gasteiger partial charge in [0.25, 0.3) is 0 Å². The predicted molar refractivity (Wildman–Crippen MR) is 101 cm³/mol. The standard InChI is InChI=1S/C20H20BrCl/c1-13(2)15(4)20(11-16-6-8-17(21)9-7-16)19-12-18(22)10-5-14(19)3/h5-10,12H,1,11H2,2-4H3/b20-15+. The Labute approximate surface area is 146 Å². The highest BCUT2D eigenvalue weighted by molar-refractivity contribution is 9.10. The summed E-state index contributed by atoms with van der Waals surface area (Å²) in [6.07, 6.45) is 0.868. The molecule has 0 aromatic heterocycles. The van der Waals surface area contributed by atoms with Crippen molar-refractivity contribution in [1.82, 2.24) is 0 Å². The lowest BCUT2D eigenvalue weighted by molar-refractivity contribution is 1.21. The molecular formula is C20H20BrCl. The van der Waals surface area contributed by atoms with Crippen LogP contribution in [0.2, 0.25) is 5.02 Å². The largest absolute Gasteiger partial charge is 0.0958 e. The highest BCUT2D eigenvalue weighted by Gasteiger charge is 2.11. The van der Waals surface area contributed by atoms with Crippen molar-refractivity contribution in [3.8, 4) is 0 Å². The quantitative estimate of drug-likeness (QED) is 0.504. The smallest absolute Gasteiger partial charge is 0.0412 e. The molecule has 0 aliphatic rings. The van der Waals surface area contributed by atoms with Gasteiger partial charge in [0, 0.05) is 9.50 Å².